The molecule has 8 heteroatoms. The van der Waals surface area contributed by atoms with Crippen molar-refractivity contribution in [3.8, 4) is 5.69 Å². The lowest BCUT2D eigenvalue weighted by Gasteiger charge is -2.37. The molecule has 1 aromatic carbocycles. The Balaban J connectivity index is 1.42. The number of benzene rings is 1. The quantitative estimate of drug-likeness (QED) is 0.287. The molecule has 4 aromatic rings. The van der Waals surface area contributed by atoms with E-state index in [1.165, 1.54) is 6.42 Å². The lowest BCUT2D eigenvalue weighted by atomic mass is 9.91. The highest BCUT2D eigenvalue weighted by molar-refractivity contribution is 7.80. The molecule has 0 bridgehead atoms. The van der Waals surface area contributed by atoms with Crippen molar-refractivity contribution in [2.75, 3.05) is 22.9 Å². The number of piperidine rings is 1. The van der Waals surface area contributed by atoms with Gasteiger partial charge in [-0.15, -0.1) is 0 Å². The molecule has 0 aliphatic carbocycles. The van der Waals surface area contributed by atoms with E-state index in [0.29, 0.717) is 16.9 Å². The third kappa shape index (κ3) is 4.65. The number of rotatable bonds is 5. The van der Waals surface area contributed by atoms with Crippen LogP contribution >= 0.6 is 23.8 Å². The summed E-state index contributed by atoms with van der Waals surface area (Å²) >= 11 is 12.9. The van der Waals surface area contributed by atoms with Gasteiger partial charge < -0.3 is 19.7 Å². The first-order valence-corrected chi connectivity index (χ1v) is 13.9. The average Bonchev–Trinajstić information content (AvgIpc) is 3.53. The molecule has 2 fully saturated rings. The van der Waals surface area contributed by atoms with Crippen LogP contribution in [0.1, 0.15) is 43.7 Å². The zero-order chi connectivity index (χ0) is 26.2. The monoisotopic (exact) mass is 542 g/mol. The van der Waals surface area contributed by atoms with Crippen molar-refractivity contribution in [3.05, 3.63) is 102 Å². The number of halogens is 1. The molecule has 194 valence electrons. The van der Waals surface area contributed by atoms with Crippen LogP contribution in [0.5, 0.6) is 0 Å². The number of nitrogens with zero attached hydrogens (tertiary/aromatic N) is 5. The van der Waals surface area contributed by atoms with E-state index in [4.69, 9.17) is 28.8 Å². The molecule has 5 heterocycles. The molecule has 3 aromatic heterocycles. The summed E-state index contributed by atoms with van der Waals surface area (Å²) in [6.45, 7) is 6.69. The minimum atomic E-state index is -0.141. The van der Waals surface area contributed by atoms with Crippen LogP contribution in [0.15, 0.2) is 85.5 Å². The molecule has 0 radical (unpaired) electrons. The Kier molecular flexibility index (Phi) is 6.80. The first kappa shape index (κ1) is 24.9. The molecular weight excluding hydrogens is 512 g/mol. The van der Waals surface area contributed by atoms with Crippen LogP contribution in [-0.2, 0) is 0 Å². The normalized spacial score (nSPS) is 23.5. The fraction of sp³-hybridized carbons (Fsp3) is 0.300. The summed E-state index contributed by atoms with van der Waals surface area (Å²) in [7, 11) is 0. The van der Waals surface area contributed by atoms with Gasteiger partial charge in [0.15, 0.2) is 5.11 Å². The number of anilines is 2. The minimum Gasteiger partial charge on any atom is -0.370 e. The maximum absolute atomic E-state index is 6.98. The van der Waals surface area contributed by atoms with Gasteiger partial charge in [0.1, 0.15) is 6.04 Å². The molecular formula is C30H31ClN6S. The standard InChI is InChI=1S/C30H31ClN6S/c1-20-16-21(2)19-35(18-20)26-9-8-23(17-24(26)31)37-29(28(34-30(37)38)25-6-3-4-12-33-25)27-7-5-15-36(27)22-10-13-32-14-11-22/h3-15,17,20-21,28-29H,16,18-19H2,1-2H3,(H,34,38)/t20-,21+,28-,29+/m0/s1. The van der Waals surface area contributed by atoms with Crippen LogP contribution in [-0.4, -0.2) is 32.7 Å². The maximum Gasteiger partial charge on any atom is 0.174 e. The van der Waals surface area contributed by atoms with E-state index in [1.54, 1.807) is 0 Å². The molecule has 0 spiro atoms. The summed E-state index contributed by atoms with van der Waals surface area (Å²) in [5.74, 6) is 1.30. The zero-order valence-corrected chi connectivity index (χ0v) is 23.1. The molecule has 0 saturated carbocycles. The molecule has 6 nitrogen and oxygen atoms in total. The van der Waals surface area contributed by atoms with Crippen molar-refractivity contribution in [2.45, 2.75) is 32.4 Å². The van der Waals surface area contributed by atoms with Crippen molar-refractivity contribution in [3.63, 3.8) is 0 Å². The van der Waals surface area contributed by atoms with E-state index < -0.39 is 0 Å². The lowest BCUT2D eigenvalue weighted by Crippen LogP contribution is -2.38. The van der Waals surface area contributed by atoms with Gasteiger partial charge in [-0.2, -0.15) is 0 Å². The Morgan fingerprint density at radius 1 is 0.921 bits per heavy atom. The number of aromatic nitrogens is 3. The van der Waals surface area contributed by atoms with Gasteiger partial charge in [-0.05, 0) is 85.1 Å². The fourth-order valence-electron chi connectivity index (χ4n) is 6.07. The van der Waals surface area contributed by atoms with Crippen LogP contribution in [0.2, 0.25) is 5.02 Å². The largest absolute Gasteiger partial charge is 0.370 e. The van der Waals surface area contributed by atoms with Crippen LogP contribution < -0.4 is 15.1 Å². The molecule has 1 N–H and O–H groups in total. The second kappa shape index (κ2) is 10.4. The van der Waals surface area contributed by atoms with Crippen LogP contribution in [0.4, 0.5) is 11.4 Å². The first-order chi connectivity index (χ1) is 18.5. The minimum absolute atomic E-state index is 0.138. The zero-order valence-electron chi connectivity index (χ0n) is 21.5. The van der Waals surface area contributed by atoms with E-state index in [2.05, 4.69) is 75.0 Å². The number of pyridine rings is 2. The van der Waals surface area contributed by atoms with Gasteiger partial charge in [-0.1, -0.05) is 31.5 Å². The van der Waals surface area contributed by atoms with E-state index in [1.807, 2.05) is 48.9 Å². The molecule has 6 rings (SSSR count). The molecule has 4 atom stereocenters. The van der Waals surface area contributed by atoms with Gasteiger partial charge in [0.2, 0.25) is 0 Å². The lowest BCUT2D eigenvalue weighted by molar-refractivity contribution is 0.357. The summed E-state index contributed by atoms with van der Waals surface area (Å²) in [5.41, 5.74) is 5.12. The van der Waals surface area contributed by atoms with Crippen LogP contribution in [0, 0.1) is 11.8 Å². The van der Waals surface area contributed by atoms with Gasteiger partial charge in [0.25, 0.3) is 0 Å². The number of hydrogen-bond donors (Lipinski definition) is 1. The Hall–Kier alpha value is -3.42. The highest BCUT2D eigenvalue weighted by Crippen LogP contribution is 2.44. The Labute approximate surface area is 234 Å². The highest BCUT2D eigenvalue weighted by atomic mass is 35.5. The Morgan fingerprint density at radius 3 is 2.42 bits per heavy atom. The average molecular weight is 543 g/mol. The van der Waals surface area contributed by atoms with Crippen molar-refractivity contribution in [1.29, 1.82) is 0 Å². The maximum atomic E-state index is 6.98. The van der Waals surface area contributed by atoms with Crippen molar-refractivity contribution in [2.24, 2.45) is 11.8 Å². The number of hydrogen-bond acceptors (Lipinski definition) is 4. The number of thiocarbonyl (C=S) groups is 1. The molecule has 2 aliphatic heterocycles. The summed E-state index contributed by atoms with van der Waals surface area (Å²) in [6.07, 6.45) is 8.78. The Bertz CT molecular complexity index is 1420. The third-order valence-electron chi connectivity index (χ3n) is 7.54. The third-order valence-corrected chi connectivity index (χ3v) is 8.16. The molecule has 0 unspecified atom stereocenters. The van der Waals surface area contributed by atoms with Gasteiger partial charge in [0.05, 0.1) is 22.4 Å². The molecule has 38 heavy (non-hydrogen) atoms. The molecule has 0 amide bonds. The summed E-state index contributed by atoms with van der Waals surface area (Å²) in [6, 6.07) is 20.3. The van der Waals surface area contributed by atoms with Crippen LogP contribution in [0.25, 0.3) is 5.69 Å². The smallest absolute Gasteiger partial charge is 0.174 e. The summed E-state index contributed by atoms with van der Waals surface area (Å²) in [5, 5.41) is 4.96. The summed E-state index contributed by atoms with van der Waals surface area (Å²) < 4.78 is 2.19. The second-order valence-corrected chi connectivity index (χ2v) is 11.3. The van der Waals surface area contributed by atoms with Crippen molar-refractivity contribution < 1.29 is 0 Å². The number of nitrogens with one attached hydrogen (secondary N) is 1. The highest BCUT2D eigenvalue weighted by Gasteiger charge is 2.42. The van der Waals surface area contributed by atoms with E-state index in [0.717, 1.165) is 46.6 Å². The SMILES string of the molecule is C[C@@H]1C[C@H](C)CN(c2ccc(N3C(=S)N[C@@H](c4ccccn4)[C@H]3c3cccn3-c3ccncc3)cc2Cl)C1. The van der Waals surface area contributed by atoms with E-state index in [-0.39, 0.29) is 12.1 Å². The Morgan fingerprint density at radius 2 is 1.71 bits per heavy atom. The molecule has 2 aliphatic rings. The van der Waals surface area contributed by atoms with Gasteiger partial charge in [0, 0.05) is 54.9 Å². The van der Waals surface area contributed by atoms with Crippen LogP contribution in [0.3, 0.4) is 0 Å². The van der Waals surface area contributed by atoms with E-state index in [9.17, 15) is 0 Å². The van der Waals surface area contributed by atoms with E-state index >= 15 is 0 Å². The molecule has 2 saturated heterocycles. The predicted octanol–water partition coefficient (Wildman–Crippen LogP) is 6.58. The predicted molar refractivity (Wildman–Crippen MR) is 158 cm³/mol. The summed E-state index contributed by atoms with van der Waals surface area (Å²) in [4.78, 5) is 13.5. The topological polar surface area (TPSA) is 49.2 Å². The second-order valence-electron chi connectivity index (χ2n) is 10.5. The van der Waals surface area contributed by atoms with Crippen molar-refractivity contribution >= 4 is 40.3 Å². The van der Waals surface area contributed by atoms with Gasteiger partial charge in [-0.3, -0.25) is 9.97 Å². The van der Waals surface area contributed by atoms with Crippen molar-refractivity contribution in [1.82, 2.24) is 19.9 Å². The van der Waals surface area contributed by atoms with Gasteiger partial charge in [-0.25, -0.2) is 0 Å². The fourth-order valence-corrected chi connectivity index (χ4v) is 6.71. The van der Waals surface area contributed by atoms with Gasteiger partial charge >= 0.3 is 0 Å². The first-order valence-electron chi connectivity index (χ1n) is 13.1.